The number of hydrogen-bond acceptors (Lipinski definition) is 3. The molecule has 2 aromatic rings. The van der Waals surface area contributed by atoms with E-state index in [1.54, 1.807) is 6.07 Å². The summed E-state index contributed by atoms with van der Waals surface area (Å²) in [6.07, 6.45) is 3.18. The Bertz CT molecular complexity index is 627. The van der Waals surface area contributed by atoms with Gasteiger partial charge < -0.3 is 10.3 Å². The zero-order valence-corrected chi connectivity index (χ0v) is 12.9. The largest absolute Gasteiger partial charge is 0.344 e. The summed E-state index contributed by atoms with van der Waals surface area (Å²) in [6.45, 7) is 3.48. The van der Waals surface area contributed by atoms with Gasteiger partial charge in [0.2, 0.25) is 0 Å². The second kappa shape index (κ2) is 7.82. The van der Waals surface area contributed by atoms with Gasteiger partial charge >= 0.3 is 0 Å². The van der Waals surface area contributed by atoms with E-state index in [0.717, 1.165) is 36.3 Å². The zero-order valence-electron chi connectivity index (χ0n) is 12.1. The predicted octanol–water partition coefficient (Wildman–Crippen LogP) is 3.57. The minimum atomic E-state index is 0.541. The minimum Gasteiger partial charge on any atom is -0.344 e. The molecule has 0 radical (unpaired) electrons. The lowest BCUT2D eigenvalue weighted by atomic mass is 10.1. The average molecular weight is 303 g/mol. The Labute approximate surface area is 130 Å². The number of rotatable bonds is 7. The first-order valence-electron chi connectivity index (χ1n) is 7.16. The standard InChI is InChI=1S/C16H19ClN4/c1-2-3-7-15-20-14(16(17)21-15)11-19-10-13-6-4-5-12(8-13)9-18/h4-6,8,19H,2-3,7,10-11H2,1H3,(H,20,21). The quantitative estimate of drug-likeness (QED) is 0.822. The molecular weight excluding hydrogens is 284 g/mol. The Balaban J connectivity index is 1.88. The van der Waals surface area contributed by atoms with E-state index >= 15 is 0 Å². The van der Waals surface area contributed by atoms with E-state index < -0.39 is 0 Å². The molecule has 0 aliphatic rings. The van der Waals surface area contributed by atoms with Crippen LogP contribution in [0.2, 0.25) is 5.15 Å². The van der Waals surface area contributed by atoms with Gasteiger partial charge in [-0.1, -0.05) is 37.1 Å². The van der Waals surface area contributed by atoms with Crippen LogP contribution in [0.4, 0.5) is 0 Å². The van der Waals surface area contributed by atoms with Crippen molar-refractivity contribution in [2.45, 2.75) is 39.3 Å². The molecule has 0 atom stereocenters. The summed E-state index contributed by atoms with van der Waals surface area (Å²) in [5.74, 6) is 0.949. The smallest absolute Gasteiger partial charge is 0.151 e. The number of benzene rings is 1. The van der Waals surface area contributed by atoms with Gasteiger partial charge in [0.25, 0.3) is 0 Å². The van der Waals surface area contributed by atoms with Gasteiger partial charge in [-0.05, 0) is 24.1 Å². The van der Waals surface area contributed by atoms with Crippen molar-refractivity contribution in [2.24, 2.45) is 0 Å². The van der Waals surface area contributed by atoms with E-state index in [1.807, 2.05) is 18.2 Å². The summed E-state index contributed by atoms with van der Waals surface area (Å²) in [6, 6.07) is 9.71. The van der Waals surface area contributed by atoms with Crippen LogP contribution in [0, 0.1) is 11.3 Å². The summed E-state index contributed by atoms with van der Waals surface area (Å²) in [5.41, 5.74) is 2.67. The molecule has 21 heavy (non-hydrogen) atoms. The molecule has 0 saturated heterocycles. The fourth-order valence-electron chi connectivity index (χ4n) is 2.10. The van der Waals surface area contributed by atoms with Gasteiger partial charge in [-0.2, -0.15) is 5.26 Å². The number of nitrogens with zero attached hydrogens (tertiary/aromatic N) is 2. The van der Waals surface area contributed by atoms with Crippen molar-refractivity contribution < 1.29 is 0 Å². The molecule has 0 saturated carbocycles. The van der Waals surface area contributed by atoms with Crippen LogP contribution in [0.5, 0.6) is 0 Å². The molecule has 1 heterocycles. The van der Waals surface area contributed by atoms with Crippen molar-refractivity contribution in [3.05, 3.63) is 52.1 Å². The second-order valence-corrected chi connectivity index (χ2v) is 5.33. The van der Waals surface area contributed by atoms with Crippen molar-refractivity contribution >= 4 is 11.6 Å². The molecule has 0 fully saturated rings. The molecule has 0 aliphatic heterocycles. The van der Waals surface area contributed by atoms with E-state index in [2.05, 4.69) is 28.3 Å². The molecule has 2 N–H and O–H groups in total. The van der Waals surface area contributed by atoms with Crippen LogP contribution >= 0.6 is 11.6 Å². The molecular formula is C16H19ClN4. The topological polar surface area (TPSA) is 64.5 Å². The number of aryl methyl sites for hydroxylation is 1. The van der Waals surface area contributed by atoms with Gasteiger partial charge in [0.15, 0.2) is 5.15 Å². The number of H-pyrrole nitrogens is 1. The fraction of sp³-hybridized carbons (Fsp3) is 0.375. The summed E-state index contributed by atoms with van der Waals surface area (Å²) in [7, 11) is 0. The highest BCUT2D eigenvalue weighted by Crippen LogP contribution is 2.14. The molecule has 4 nitrogen and oxygen atoms in total. The lowest BCUT2D eigenvalue weighted by molar-refractivity contribution is 0.678. The van der Waals surface area contributed by atoms with Gasteiger partial charge in [0.05, 0.1) is 17.3 Å². The number of nitriles is 1. The monoisotopic (exact) mass is 302 g/mol. The minimum absolute atomic E-state index is 0.541. The first-order chi connectivity index (χ1) is 10.2. The molecule has 110 valence electrons. The van der Waals surface area contributed by atoms with E-state index in [1.165, 1.54) is 0 Å². The number of unbranched alkanes of at least 4 members (excludes halogenated alkanes) is 1. The van der Waals surface area contributed by atoms with Crippen molar-refractivity contribution in [2.75, 3.05) is 0 Å². The summed E-state index contributed by atoms with van der Waals surface area (Å²) < 4.78 is 0. The third kappa shape index (κ3) is 4.59. The highest BCUT2D eigenvalue weighted by Gasteiger charge is 2.07. The number of imidazole rings is 1. The number of aromatic nitrogens is 2. The molecule has 1 aromatic carbocycles. The van der Waals surface area contributed by atoms with Crippen molar-refractivity contribution in [3.63, 3.8) is 0 Å². The highest BCUT2D eigenvalue weighted by atomic mass is 35.5. The number of nitrogens with one attached hydrogen (secondary N) is 2. The van der Waals surface area contributed by atoms with Crippen LogP contribution < -0.4 is 5.32 Å². The summed E-state index contributed by atoms with van der Waals surface area (Å²) in [4.78, 5) is 7.60. The molecule has 2 rings (SSSR count). The second-order valence-electron chi connectivity index (χ2n) is 4.97. The number of hydrogen-bond donors (Lipinski definition) is 2. The molecule has 0 aliphatic carbocycles. The van der Waals surface area contributed by atoms with Gasteiger partial charge in [-0.25, -0.2) is 4.98 Å². The van der Waals surface area contributed by atoms with Crippen LogP contribution in [-0.2, 0) is 19.5 Å². The Morgan fingerprint density at radius 2 is 2.24 bits per heavy atom. The first kappa shape index (κ1) is 15.6. The third-order valence-corrected chi connectivity index (χ3v) is 3.54. The van der Waals surface area contributed by atoms with Crippen LogP contribution in [0.1, 0.15) is 42.4 Å². The zero-order chi connectivity index (χ0) is 15.1. The van der Waals surface area contributed by atoms with Crippen LogP contribution in [0.15, 0.2) is 24.3 Å². The van der Waals surface area contributed by atoms with E-state index in [9.17, 15) is 0 Å². The van der Waals surface area contributed by atoms with E-state index in [-0.39, 0.29) is 0 Å². The Kier molecular flexibility index (Phi) is 5.79. The molecule has 1 aromatic heterocycles. The maximum absolute atomic E-state index is 8.87. The molecule has 0 bridgehead atoms. The number of aromatic amines is 1. The Morgan fingerprint density at radius 1 is 1.38 bits per heavy atom. The third-order valence-electron chi connectivity index (χ3n) is 3.23. The Hall–Kier alpha value is -1.83. The fourth-order valence-corrected chi connectivity index (χ4v) is 2.32. The maximum atomic E-state index is 8.87. The SMILES string of the molecule is CCCCc1nc(Cl)c(CNCc2cccc(C#N)c2)[nH]1. The summed E-state index contributed by atoms with van der Waals surface area (Å²) >= 11 is 6.13. The van der Waals surface area contributed by atoms with Gasteiger partial charge in [0.1, 0.15) is 5.82 Å². The Morgan fingerprint density at radius 3 is 3.00 bits per heavy atom. The molecule has 0 unspecified atom stereocenters. The molecule has 0 spiro atoms. The molecule has 5 heteroatoms. The summed E-state index contributed by atoms with van der Waals surface area (Å²) in [5, 5.41) is 12.7. The first-order valence-corrected chi connectivity index (χ1v) is 7.53. The van der Waals surface area contributed by atoms with E-state index in [0.29, 0.717) is 23.8 Å². The van der Waals surface area contributed by atoms with Gasteiger partial charge in [0, 0.05) is 19.5 Å². The highest BCUT2D eigenvalue weighted by molar-refractivity contribution is 6.30. The predicted molar refractivity (Wildman–Crippen MR) is 83.9 cm³/mol. The van der Waals surface area contributed by atoms with Crippen LogP contribution in [0.25, 0.3) is 0 Å². The van der Waals surface area contributed by atoms with Crippen molar-refractivity contribution in [3.8, 4) is 6.07 Å². The molecule has 0 amide bonds. The van der Waals surface area contributed by atoms with Crippen LogP contribution in [-0.4, -0.2) is 9.97 Å². The van der Waals surface area contributed by atoms with Gasteiger partial charge in [-0.3, -0.25) is 0 Å². The van der Waals surface area contributed by atoms with Gasteiger partial charge in [-0.15, -0.1) is 0 Å². The maximum Gasteiger partial charge on any atom is 0.151 e. The number of halogens is 1. The lowest BCUT2D eigenvalue weighted by Crippen LogP contribution is -2.13. The van der Waals surface area contributed by atoms with E-state index in [4.69, 9.17) is 16.9 Å². The van der Waals surface area contributed by atoms with Crippen molar-refractivity contribution in [1.82, 2.24) is 15.3 Å². The van der Waals surface area contributed by atoms with Crippen molar-refractivity contribution in [1.29, 1.82) is 5.26 Å². The van der Waals surface area contributed by atoms with Crippen LogP contribution in [0.3, 0.4) is 0 Å². The lowest BCUT2D eigenvalue weighted by Gasteiger charge is -2.04. The normalized spacial score (nSPS) is 10.5. The average Bonchev–Trinajstić information content (AvgIpc) is 2.86.